The number of likely N-dealkylation sites (tertiary alicyclic amines) is 1. The predicted octanol–water partition coefficient (Wildman–Crippen LogP) is 0.551. The van der Waals surface area contributed by atoms with Crippen molar-refractivity contribution in [2.24, 2.45) is 5.92 Å². The average molecular weight is 297 g/mol. The van der Waals surface area contributed by atoms with Crippen LogP contribution in [0.4, 0.5) is 4.79 Å². The Hall–Kier alpha value is -1.79. The van der Waals surface area contributed by atoms with E-state index in [-0.39, 0.29) is 24.4 Å². The van der Waals surface area contributed by atoms with Gasteiger partial charge >= 0.3 is 12.0 Å². The van der Waals surface area contributed by atoms with Gasteiger partial charge < -0.3 is 20.6 Å². The van der Waals surface area contributed by atoms with E-state index in [0.29, 0.717) is 44.8 Å². The number of fused-ring (bicyclic) bond motifs is 1. The molecule has 2 aliphatic rings. The van der Waals surface area contributed by atoms with E-state index in [4.69, 9.17) is 5.11 Å². The normalized spacial score (nSPS) is 25.0. The van der Waals surface area contributed by atoms with Gasteiger partial charge in [0, 0.05) is 38.5 Å². The van der Waals surface area contributed by atoms with Gasteiger partial charge in [0.1, 0.15) is 0 Å². The summed E-state index contributed by atoms with van der Waals surface area (Å²) in [7, 11) is 0. The smallest absolute Gasteiger partial charge is 0.317 e. The Kier molecular flexibility index (Phi) is 5.41. The fraction of sp³-hybridized carbons (Fsp3) is 0.786. The standard InChI is InChI=1S/C14H23N3O4/c18-12-5-4-10-9-17(8-6-11(10)16-12)14(21)15-7-2-1-3-13(19)20/h10-11H,1-9H2,(H,15,21)(H,16,18)(H,19,20). The third-order valence-corrected chi connectivity index (χ3v) is 4.20. The molecule has 0 aromatic heterocycles. The van der Waals surface area contributed by atoms with Gasteiger partial charge in [0.05, 0.1) is 0 Å². The highest BCUT2D eigenvalue weighted by atomic mass is 16.4. The summed E-state index contributed by atoms with van der Waals surface area (Å²) < 4.78 is 0. The number of piperidine rings is 2. The lowest BCUT2D eigenvalue weighted by atomic mass is 9.85. The molecule has 2 unspecified atom stereocenters. The van der Waals surface area contributed by atoms with E-state index in [9.17, 15) is 14.4 Å². The molecule has 0 bridgehead atoms. The molecule has 2 saturated heterocycles. The van der Waals surface area contributed by atoms with Crippen molar-refractivity contribution in [2.45, 2.75) is 44.6 Å². The van der Waals surface area contributed by atoms with E-state index in [2.05, 4.69) is 10.6 Å². The molecule has 21 heavy (non-hydrogen) atoms. The van der Waals surface area contributed by atoms with Crippen LogP contribution in [0.3, 0.4) is 0 Å². The number of carboxylic acids is 1. The van der Waals surface area contributed by atoms with Crippen LogP contribution < -0.4 is 10.6 Å². The maximum absolute atomic E-state index is 12.0. The molecule has 0 aromatic carbocycles. The van der Waals surface area contributed by atoms with Gasteiger partial charge in [-0.2, -0.15) is 0 Å². The highest BCUT2D eigenvalue weighted by molar-refractivity contribution is 5.77. The fourth-order valence-corrected chi connectivity index (χ4v) is 3.00. The molecule has 3 amide bonds. The maximum Gasteiger partial charge on any atom is 0.317 e. The van der Waals surface area contributed by atoms with Gasteiger partial charge in [0.2, 0.25) is 5.91 Å². The summed E-state index contributed by atoms with van der Waals surface area (Å²) in [5, 5.41) is 14.4. The number of carbonyl (C=O) groups excluding carboxylic acids is 2. The lowest BCUT2D eigenvalue weighted by Crippen LogP contribution is -2.56. The SMILES string of the molecule is O=C(O)CCCCNC(=O)N1CCC2NC(=O)CCC2C1. The van der Waals surface area contributed by atoms with Crippen LogP contribution in [0.5, 0.6) is 0 Å². The molecule has 3 N–H and O–H groups in total. The number of nitrogens with one attached hydrogen (secondary N) is 2. The number of unbranched alkanes of at least 4 members (excludes halogenated alkanes) is 1. The molecular formula is C14H23N3O4. The maximum atomic E-state index is 12.0. The number of amides is 3. The van der Waals surface area contributed by atoms with Crippen LogP contribution in [0.2, 0.25) is 0 Å². The summed E-state index contributed by atoms with van der Waals surface area (Å²) in [6.07, 6.45) is 3.59. The number of nitrogens with zero attached hydrogens (tertiary/aromatic N) is 1. The van der Waals surface area contributed by atoms with Crippen molar-refractivity contribution in [3.63, 3.8) is 0 Å². The molecule has 0 spiro atoms. The van der Waals surface area contributed by atoms with Crippen molar-refractivity contribution in [2.75, 3.05) is 19.6 Å². The second-order valence-electron chi connectivity index (χ2n) is 5.79. The van der Waals surface area contributed by atoms with Crippen LogP contribution in [-0.2, 0) is 9.59 Å². The average Bonchev–Trinajstić information content (AvgIpc) is 2.45. The molecule has 2 atom stereocenters. The third-order valence-electron chi connectivity index (χ3n) is 4.20. The Morgan fingerprint density at radius 2 is 2.14 bits per heavy atom. The minimum atomic E-state index is -0.803. The largest absolute Gasteiger partial charge is 0.481 e. The molecule has 0 aliphatic carbocycles. The molecular weight excluding hydrogens is 274 g/mol. The minimum absolute atomic E-state index is 0.0827. The van der Waals surface area contributed by atoms with Crippen LogP contribution in [0.15, 0.2) is 0 Å². The molecule has 0 radical (unpaired) electrons. The van der Waals surface area contributed by atoms with Crippen LogP contribution in [-0.4, -0.2) is 53.6 Å². The molecule has 118 valence electrons. The molecule has 2 fully saturated rings. The highest BCUT2D eigenvalue weighted by Crippen LogP contribution is 2.25. The Morgan fingerprint density at radius 3 is 2.90 bits per heavy atom. The van der Waals surface area contributed by atoms with E-state index >= 15 is 0 Å². The van der Waals surface area contributed by atoms with Gasteiger partial charge in [-0.05, 0) is 31.6 Å². The van der Waals surface area contributed by atoms with Crippen LogP contribution in [0.25, 0.3) is 0 Å². The number of rotatable bonds is 5. The monoisotopic (exact) mass is 297 g/mol. The quantitative estimate of drug-likeness (QED) is 0.645. The van der Waals surface area contributed by atoms with E-state index in [1.165, 1.54) is 0 Å². The van der Waals surface area contributed by atoms with Gasteiger partial charge in [-0.25, -0.2) is 4.79 Å². The van der Waals surface area contributed by atoms with Crippen molar-refractivity contribution in [3.8, 4) is 0 Å². The summed E-state index contributed by atoms with van der Waals surface area (Å²) in [6, 6.07) is 0.131. The zero-order chi connectivity index (χ0) is 15.2. The molecule has 7 heteroatoms. The van der Waals surface area contributed by atoms with E-state index < -0.39 is 5.97 Å². The number of carboxylic acid groups (broad SMARTS) is 1. The first-order chi connectivity index (χ1) is 10.1. The van der Waals surface area contributed by atoms with Crippen molar-refractivity contribution in [1.29, 1.82) is 0 Å². The third kappa shape index (κ3) is 4.61. The van der Waals surface area contributed by atoms with Gasteiger partial charge in [0.15, 0.2) is 0 Å². The molecule has 0 aromatic rings. The first kappa shape index (κ1) is 15.6. The van der Waals surface area contributed by atoms with Crippen LogP contribution in [0, 0.1) is 5.92 Å². The lowest BCUT2D eigenvalue weighted by Gasteiger charge is -2.41. The number of urea groups is 1. The number of hydrogen-bond donors (Lipinski definition) is 3. The fourth-order valence-electron chi connectivity index (χ4n) is 3.00. The summed E-state index contributed by atoms with van der Waals surface area (Å²) >= 11 is 0. The Balaban J connectivity index is 1.67. The summed E-state index contributed by atoms with van der Waals surface area (Å²) in [6.45, 7) is 1.85. The van der Waals surface area contributed by atoms with Crippen molar-refractivity contribution in [3.05, 3.63) is 0 Å². The number of aliphatic carboxylic acids is 1. The second-order valence-corrected chi connectivity index (χ2v) is 5.79. The molecule has 2 aliphatic heterocycles. The van der Waals surface area contributed by atoms with Gasteiger partial charge in [-0.1, -0.05) is 0 Å². The molecule has 7 nitrogen and oxygen atoms in total. The Labute approximate surface area is 124 Å². The van der Waals surface area contributed by atoms with E-state index in [1.807, 2.05) is 0 Å². The van der Waals surface area contributed by atoms with Gasteiger partial charge in [0.25, 0.3) is 0 Å². The lowest BCUT2D eigenvalue weighted by molar-refractivity contribution is -0.137. The first-order valence-electron chi connectivity index (χ1n) is 7.60. The van der Waals surface area contributed by atoms with Gasteiger partial charge in [-0.15, -0.1) is 0 Å². The second kappa shape index (κ2) is 7.28. The first-order valence-corrected chi connectivity index (χ1v) is 7.60. The Morgan fingerprint density at radius 1 is 1.33 bits per heavy atom. The van der Waals surface area contributed by atoms with Crippen LogP contribution in [0.1, 0.15) is 38.5 Å². The summed E-state index contributed by atoms with van der Waals surface area (Å²) in [4.78, 5) is 35.6. The van der Waals surface area contributed by atoms with E-state index in [0.717, 1.165) is 12.8 Å². The van der Waals surface area contributed by atoms with Gasteiger partial charge in [-0.3, -0.25) is 9.59 Å². The highest BCUT2D eigenvalue weighted by Gasteiger charge is 2.35. The number of carbonyl (C=O) groups is 3. The molecule has 2 heterocycles. The summed E-state index contributed by atoms with van der Waals surface area (Å²) in [5.74, 6) is -0.329. The topological polar surface area (TPSA) is 98.7 Å². The van der Waals surface area contributed by atoms with Crippen molar-refractivity contribution in [1.82, 2.24) is 15.5 Å². The molecule has 0 saturated carbocycles. The van der Waals surface area contributed by atoms with Crippen molar-refractivity contribution >= 4 is 17.9 Å². The minimum Gasteiger partial charge on any atom is -0.481 e. The van der Waals surface area contributed by atoms with Crippen molar-refractivity contribution < 1.29 is 19.5 Å². The summed E-state index contributed by atoms with van der Waals surface area (Å²) in [5.41, 5.74) is 0. The zero-order valence-electron chi connectivity index (χ0n) is 12.1. The molecule has 2 rings (SSSR count). The van der Waals surface area contributed by atoms with E-state index in [1.54, 1.807) is 4.90 Å². The van der Waals surface area contributed by atoms with Crippen LogP contribution >= 0.6 is 0 Å². The number of hydrogen-bond acceptors (Lipinski definition) is 3. The zero-order valence-corrected chi connectivity index (χ0v) is 12.1. The Bertz CT molecular complexity index is 413. The predicted molar refractivity (Wildman–Crippen MR) is 75.7 cm³/mol.